The number of anilines is 1. The molecule has 0 saturated carbocycles. The number of sulfonamides is 2. The van der Waals surface area contributed by atoms with Gasteiger partial charge in [0.2, 0.25) is 10.0 Å². The highest BCUT2D eigenvalue weighted by atomic mass is 35.5. The van der Waals surface area contributed by atoms with Gasteiger partial charge in [0, 0.05) is 17.1 Å². The summed E-state index contributed by atoms with van der Waals surface area (Å²) in [5, 5.41) is 4.80. The molecule has 3 aromatic carbocycles. The first kappa shape index (κ1) is 22.3. The summed E-state index contributed by atoms with van der Waals surface area (Å²) in [5.41, 5.74) is 2.51. The van der Waals surface area contributed by atoms with Crippen molar-refractivity contribution in [3.8, 4) is 0 Å². The van der Waals surface area contributed by atoms with Crippen LogP contribution in [0.25, 0.3) is 0 Å². The minimum absolute atomic E-state index is 0.0589. The standard InChI is InChI=1S/C22H20ClN3O4S2/c1-31(27,28)25-19-12-10-16(11-13-19)21-15-22(17-6-3-2-4-7-17)26(24-21)32(29,30)20-9-5-8-18(23)14-20/h2-14,22,25H,15H2,1H3/t22-/m0/s1. The van der Waals surface area contributed by atoms with Crippen LogP contribution in [0.2, 0.25) is 5.02 Å². The van der Waals surface area contributed by atoms with E-state index in [4.69, 9.17) is 11.6 Å². The molecular formula is C22H20ClN3O4S2. The van der Waals surface area contributed by atoms with Gasteiger partial charge in [-0.2, -0.15) is 17.9 Å². The lowest BCUT2D eigenvalue weighted by atomic mass is 9.99. The minimum atomic E-state index is -3.96. The maximum atomic E-state index is 13.4. The van der Waals surface area contributed by atoms with E-state index in [2.05, 4.69) is 9.82 Å². The number of hydrogen-bond acceptors (Lipinski definition) is 5. The van der Waals surface area contributed by atoms with E-state index >= 15 is 0 Å². The molecule has 0 aliphatic carbocycles. The van der Waals surface area contributed by atoms with Crippen LogP contribution in [-0.2, 0) is 20.0 Å². The van der Waals surface area contributed by atoms with Crippen molar-refractivity contribution in [3.63, 3.8) is 0 Å². The maximum absolute atomic E-state index is 13.4. The summed E-state index contributed by atoms with van der Waals surface area (Å²) in [6.07, 6.45) is 1.44. The molecule has 0 bridgehead atoms. The lowest BCUT2D eigenvalue weighted by molar-refractivity contribution is 0.371. The smallest absolute Gasteiger partial charge is 0.279 e. The van der Waals surface area contributed by atoms with Crippen molar-refractivity contribution in [2.45, 2.75) is 17.4 Å². The third kappa shape index (κ3) is 4.79. The monoisotopic (exact) mass is 489 g/mol. The average molecular weight is 490 g/mol. The lowest BCUT2D eigenvalue weighted by Crippen LogP contribution is -2.27. The maximum Gasteiger partial charge on any atom is 0.279 e. The molecule has 7 nitrogen and oxygen atoms in total. The van der Waals surface area contributed by atoms with Crippen LogP contribution in [0, 0.1) is 0 Å². The van der Waals surface area contributed by atoms with Gasteiger partial charge in [-0.1, -0.05) is 60.1 Å². The predicted molar refractivity (Wildman–Crippen MR) is 126 cm³/mol. The second-order valence-corrected chi connectivity index (χ2v) is 11.3. The first-order valence-electron chi connectivity index (χ1n) is 9.64. The van der Waals surface area contributed by atoms with E-state index in [1.165, 1.54) is 12.1 Å². The van der Waals surface area contributed by atoms with Gasteiger partial charge in [-0.15, -0.1) is 0 Å². The van der Waals surface area contributed by atoms with Crippen molar-refractivity contribution in [1.82, 2.24) is 4.41 Å². The number of hydrogen-bond donors (Lipinski definition) is 1. The van der Waals surface area contributed by atoms with Crippen LogP contribution in [0.4, 0.5) is 5.69 Å². The highest BCUT2D eigenvalue weighted by Crippen LogP contribution is 2.37. The molecule has 1 heterocycles. The Balaban J connectivity index is 1.73. The van der Waals surface area contributed by atoms with Crippen LogP contribution < -0.4 is 4.72 Å². The van der Waals surface area contributed by atoms with Crippen molar-refractivity contribution < 1.29 is 16.8 Å². The second-order valence-electron chi connectivity index (χ2n) is 7.36. The number of rotatable bonds is 6. The highest BCUT2D eigenvalue weighted by Gasteiger charge is 2.37. The van der Waals surface area contributed by atoms with E-state index in [0.29, 0.717) is 28.4 Å². The van der Waals surface area contributed by atoms with E-state index in [1.807, 2.05) is 30.3 Å². The molecule has 1 N–H and O–H groups in total. The number of halogens is 1. The third-order valence-electron chi connectivity index (χ3n) is 4.92. The average Bonchev–Trinajstić information content (AvgIpc) is 3.20. The van der Waals surface area contributed by atoms with Crippen LogP contribution in [0.1, 0.15) is 23.6 Å². The second kappa shape index (κ2) is 8.57. The normalized spacial score (nSPS) is 16.6. The molecular weight excluding hydrogens is 470 g/mol. The quantitative estimate of drug-likeness (QED) is 0.559. The van der Waals surface area contributed by atoms with E-state index in [-0.39, 0.29) is 4.90 Å². The molecule has 0 fully saturated rings. The lowest BCUT2D eigenvalue weighted by Gasteiger charge is -2.23. The Bertz CT molecular complexity index is 1370. The van der Waals surface area contributed by atoms with E-state index in [9.17, 15) is 16.8 Å². The van der Waals surface area contributed by atoms with Crippen molar-refractivity contribution >= 4 is 43.0 Å². The van der Waals surface area contributed by atoms with Gasteiger partial charge < -0.3 is 0 Å². The van der Waals surface area contributed by atoms with Crippen molar-refractivity contribution in [1.29, 1.82) is 0 Å². The molecule has 3 aromatic rings. The van der Waals surface area contributed by atoms with E-state index < -0.39 is 26.1 Å². The van der Waals surface area contributed by atoms with Crippen molar-refractivity contribution in [2.75, 3.05) is 11.0 Å². The molecule has 1 aliphatic rings. The zero-order valence-corrected chi connectivity index (χ0v) is 19.4. The Morgan fingerprint density at radius 3 is 2.25 bits per heavy atom. The molecule has 1 atom stereocenters. The van der Waals surface area contributed by atoms with Crippen LogP contribution in [0.15, 0.2) is 88.9 Å². The SMILES string of the molecule is CS(=O)(=O)Nc1ccc(C2=NN(S(=O)(=O)c3cccc(Cl)c3)[C@H](c3ccccc3)C2)cc1. The largest absolute Gasteiger partial charge is 0.284 e. The first-order valence-corrected chi connectivity index (χ1v) is 13.3. The fourth-order valence-electron chi connectivity index (χ4n) is 3.49. The Hall–Kier alpha value is -2.88. The number of benzene rings is 3. The molecule has 1 aliphatic heterocycles. The van der Waals surface area contributed by atoms with Gasteiger partial charge in [-0.3, -0.25) is 4.72 Å². The number of nitrogens with zero attached hydrogens (tertiary/aromatic N) is 2. The summed E-state index contributed by atoms with van der Waals surface area (Å²) in [6, 6.07) is 21.5. The molecule has 0 aromatic heterocycles. The Morgan fingerprint density at radius 2 is 1.62 bits per heavy atom. The minimum Gasteiger partial charge on any atom is -0.284 e. The predicted octanol–water partition coefficient (Wildman–Crippen LogP) is 4.25. The highest BCUT2D eigenvalue weighted by molar-refractivity contribution is 7.92. The Labute approximate surface area is 192 Å². The summed E-state index contributed by atoms with van der Waals surface area (Å²) in [5.74, 6) is 0. The molecule has 32 heavy (non-hydrogen) atoms. The van der Waals surface area contributed by atoms with Crippen LogP contribution in [-0.4, -0.2) is 33.2 Å². The molecule has 0 unspecified atom stereocenters. The topological polar surface area (TPSA) is 95.9 Å². The molecule has 0 spiro atoms. The van der Waals surface area contributed by atoms with Gasteiger partial charge in [0.25, 0.3) is 10.0 Å². The number of hydrazone groups is 1. The van der Waals surface area contributed by atoms with Gasteiger partial charge in [0.05, 0.1) is 22.9 Å². The Morgan fingerprint density at radius 1 is 0.938 bits per heavy atom. The zero-order chi connectivity index (χ0) is 22.9. The summed E-state index contributed by atoms with van der Waals surface area (Å²) < 4.78 is 53.3. The molecule has 0 amide bonds. The zero-order valence-electron chi connectivity index (χ0n) is 17.0. The van der Waals surface area contributed by atoms with Crippen molar-refractivity contribution in [2.24, 2.45) is 5.10 Å². The fourth-order valence-corrected chi connectivity index (χ4v) is 5.79. The fraction of sp³-hybridized carbons (Fsp3) is 0.136. The Kier molecular flexibility index (Phi) is 5.98. The van der Waals surface area contributed by atoms with Crippen LogP contribution in [0.5, 0.6) is 0 Å². The van der Waals surface area contributed by atoms with Gasteiger partial charge in [0.15, 0.2) is 0 Å². The summed E-state index contributed by atoms with van der Waals surface area (Å²) in [7, 11) is -7.36. The van der Waals surface area contributed by atoms with Gasteiger partial charge in [-0.05, 0) is 41.5 Å². The van der Waals surface area contributed by atoms with Gasteiger partial charge in [0.1, 0.15) is 0 Å². The number of nitrogens with one attached hydrogen (secondary N) is 1. The van der Waals surface area contributed by atoms with Gasteiger partial charge >= 0.3 is 0 Å². The summed E-state index contributed by atoms with van der Waals surface area (Å²) >= 11 is 6.03. The van der Waals surface area contributed by atoms with E-state index in [1.54, 1.807) is 36.4 Å². The molecule has 0 radical (unpaired) electrons. The van der Waals surface area contributed by atoms with Crippen LogP contribution in [0.3, 0.4) is 0 Å². The van der Waals surface area contributed by atoms with Gasteiger partial charge in [-0.25, -0.2) is 8.42 Å². The molecule has 0 saturated heterocycles. The van der Waals surface area contributed by atoms with Crippen molar-refractivity contribution in [3.05, 3.63) is 95.0 Å². The van der Waals surface area contributed by atoms with E-state index in [0.717, 1.165) is 16.2 Å². The first-order chi connectivity index (χ1) is 15.1. The summed E-state index contributed by atoms with van der Waals surface area (Å²) in [6.45, 7) is 0. The van der Waals surface area contributed by atoms with Crippen LogP contribution >= 0.6 is 11.6 Å². The molecule has 4 rings (SSSR count). The summed E-state index contributed by atoms with van der Waals surface area (Å²) in [4.78, 5) is 0.0589. The third-order valence-corrected chi connectivity index (χ3v) is 7.44. The molecule has 10 heteroatoms. The molecule has 166 valence electrons.